The summed E-state index contributed by atoms with van der Waals surface area (Å²) in [7, 11) is 1.64. The van der Waals surface area contributed by atoms with E-state index in [0.717, 1.165) is 54.9 Å². The van der Waals surface area contributed by atoms with Gasteiger partial charge in [0.15, 0.2) is 0 Å². The molecule has 1 amide bonds. The van der Waals surface area contributed by atoms with E-state index in [9.17, 15) is 9.90 Å². The van der Waals surface area contributed by atoms with Gasteiger partial charge in [0.2, 0.25) is 5.91 Å². The summed E-state index contributed by atoms with van der Waals surface area (Å²) < 4.78 is 5.25. The minimum absolute atomic E-state index is 0.148. The summed E-state index contributed by atoms with van der Waals surface area (Å²) in [6.07, 6.45) is 2.25. The molecule has 3 aromatic rings. The molecule has 0 bridgehead atoms. The van der Waals surface area contributed by atoms with Crippen LogP contribution in [0.4, 0.5) is 0 Å². The van der Waals surface area contributed by atoms with Crippen LogP contribution < -0.4 is 10.5 Å². The number of phenolic OH excluding ortho intramolecular Hbond substituents is 1. The number of aromatic hydroxyl groups is 1. The molecule has 1 aliphatic rings. The molecule has 1 aliphatic heterocycles. The minimum Gasteiger partial charge on any atom is -0.508 e. The van der Waals surface area contributed by atoms with Gasteiger partial charge in [0.1, 0.15) is 11.5 Å². The number of carbonyl (C=O) groups is 1. The first-order valence-corrected chi connectivity index (χ1v) is 12.2. The van der Waals surface area contributed by atoms with Crippen LogP contribution in [0.2, 0.25) is 0 Å². The van der Waals surface area contributed by atoms with Gasteiger partial charge in [-0.15, -0.1) is 0 Å². The lowest BCUT2D eigenvalue weighted by molar-refractivity contribution is -0.134. The summed E-state index contributed by atoms with van der Waals surface area (Å²) in [5.41, 5.74) is 10.1. The standard InChI is InChI=1S/C29H35N3O3/c1-35-28-12-8-22(9-13-28)18-29(34)32(21-25-4-2-23(19-30)3-5-25)26-14-16-31(17-15-26)20-24-6-10-27(33)11-7-24/h2-13,26,33H,14-21,30H2,1H3. The largest absolute Gasteiger partial charge is 0.508 e. The highest BCUT2D eigenvalue weighted by molar-refractivity contribution is 5.79. The monoisotopic (exact) mass is 473 g/mol. The van der Waals surface area contributed by atoms with Gasteiger partial charge in [-0.05, 0) is 59.4 Å². The number of carbonyl (C=O) groups excluding carboxylic acids is 1. The third-order valence-corrected chi connectivity index (χ3v) is 6.79. The van der Waals surface area contributed by atoms with E-state index >= 15 is 0 Å². The number of rotatable bonds is 9. The maximum absolute atomic E-state index is 13.5. The van der Waals surface area contributed by atoms with Crippen LogP contribution in [-0.2, 0) is 30.8 Å². The van der Waals surface area contributed by atoms with Crippen LogP contribution in [0.3, 0.4) is 0 Å². The summed E-state index contributed by atoms with van der Waals surface area (Å²) in [6, 6.07) is 23.6. The van der Waals surface area contributed by atoms with Gasteiger partial charge in [-0.25, -0.2) is 0 Å². The zero-order chi connectivity index (χ0) is 24.6. The number of nitrogens with two attached hydrogens (primary N) is 1. The molecule has 35 heavy (non-hydrogen) atoms. The first-order valence-electron chi connectivity index (χ1n) is 12.2. The number of ether oxygens (including phenoxy) is 1. The molecular weight excluding hydrogens is 438 g/mol. The van der Waals surface area contributed by atoms with E-state index < -0.39 is 0 Å². The van der Waals surface area contributed by atoms with Gasteiger partial charge in [0, 0.05) is 38.8 Å². The van der Waals surface area contributed by atoms with Gasteiger partial charge in [0.25, 0.3) is 0 Å². The molecule has 4 rings (SSSR count). The maximum atomic E-state index is 13.5. The quantitative estimate of drug-likeness (QED) is 0.489. The van der Waals surface area contributed by atoms with Crippen LogP contribution in [0.25, 0.3) is 0 Å². The molecule has 0 aromatic heterocycles. The number of hydrogen-bond donors (Lipinski definition) is 2. The SMILES string of the molecule is COc1ccc(CC(=O)N(Cc2ccc(CN)cc2)C2CCN(Cc3ccc(O)cc3)CC2)cc1. The predicted octanol–water partition coefficient (Wildman–Crippen LogP) is 4.10. The Morgan fingerprint density at radius 3 is 2.09 bits per heavy atom. The molecule has 1 heterocycles. The smallest absolute Gasteiger partial charge is 0.227 e. The number of hydrogen-bond acceptors (Lipinski definition) is 5. The van der Waals surface area contributed by atoms with Gasteiger partial charge < -0.3 is 20.5 Å². The number of nitrogens with zero attached hydrogens (tertiary/aromatic N) is 2. The van der Waals surface area contributed by atoms with E-state index in [-0.39, 0.29) is 17.7 Å². The second kappa shape index (κ2) is 11.9. The first-order chi connectivity index (χ1) is 17.0. The van der Waals surface area contributed by atoms with E-state index in [2.05, 4.69) is 21.9 Å². The molecule has 1 saturated heterocycles. The molecule has 0 radical (unpaired) electrons. The highest BCUT2D eigenvalue weighted by atomic mass is 16.5. The zero-order valence-corrected chi connectivity index (χ0v) is 20.4. The van der Waals surface area contributed by atoms with E-state index in [1.807, 2.05) is 48.5 Å². The average molecular weight is 474 g/mol. The molecule has 3 aromatic carbocycles. The summed E-state index contributed by atoms with van der Waals surface area (Å²) >= 11 is 0. The molecule has 3 N–H and O–H groups in total. The molecule has 0 unspecified atom stereocenters. The number of piperidine rings is 1. The molecule has 0 atom stereocenters. The number of methoxy groups -OCH3 is 1. The van der Waals surface area contributed by atoms with Crippen molar-refractivity contribution in [1.29, 1.82) is 0 Å². The van der Waals surface area contributed by atoms with Crippen molar-refractivity contribution in [3.8, 4) is 11.5 Å². The Morgan fingerprint density at radius 1 is 0.914 bits per heavy atom. The lowest BCUT2D eigenvalue weighted by Gasteiger charge is -2.39. The molecule has 0 saturated carbocycles. The first kappa shape index (κ1) is 24.8. The van der Waals surface area contributed by atoms with Crippen LogP contribution in [0.5, 0.6) is 11.5 Å². The van der Waals surface area contributed by atoms with Crippen molar-refractivity contribution in [2.24, 2.45) is 5.73 Å². The van der Waals surface area contributed by atoms with Gasteiger partial charge in [-0.2, -0.15) is 0 Å². The van der Waals surface area contributed by atoms with E-state index in [1.165, 1.54) is 5.56 Å². The van der Waals surface area contributed by atoms with Crippen molar-refractivity contribution in [3.05, 3.63) is 95.1 Å². The van der Waals surface area contributed by atoms with Crippen molar-refractivity contribution < 1.29 is 14.6 Å². The fraction of sp³-hybridized carbons (Fsp3) is 0.345. The van der Waals surface area contributed by atoms with Crippen molar-refractivity contribution in [2.45, 2.75) is 44.9 Å². The zero-order valence-electron chi connectivity index (χ0n) is 20.4. The molecule has 0 spiro atoms. The maximum Gasteiger partial charge on any atom is 0.227 e. The predicted molar refractivity (Wildman–Crippen MR) is 138 cm³/mol. The lowest BCUT2D eigenvalue weighted by atomic mass is 10.00. The number of benzene rings is 3. The van der Waals surface area contributed by atoms with Gasteiger partial charge in [-0.1, -0.05) is 48.5 Å². The van der Waals surface area contributed by atoms with Crippen LogP contribution in [-0.4, -0.2) is 47.1 Å². The Hall–Kier alpha value is -3.35. The third-order valence-electron chi connectivity index (χ3n) is 6.79. The Kier molecular flexibility index (Phi) is 8.40. The summed E-state index contributed by atoms with van der Waals surface area (Å²) in [5.74, 6) is 1.23. The topological polar surface area (TPSA) is 79.0 Å². The second-order valence-electron chi connectivity index (χ2n) is 9.24. The van der Waals surface area contributed by atoms with Gasteiger partial charge in [0.05, 0.1) is 13.5 Å². The Balaban J connectivity index is 1.43. The molecule has 184 valence electrons. The second-order valence-corrected chi connectivity index (χ2v) is 9.24. The van der Waals surface area contributed by atoms with E-state index in [4.69, 9.17) is 10.5 Å². The number of phenols is 1. The van der Waals surface area contributed by atoms with E-state index in [1.54, 1.807) is 19.2 Å². The van der Waals surface area contributed by atoms with Gasteiger partial charge in [-0.3, -0.25) is 9.69 Å². The van der Waals surface area contributed by atoms with Crippen LogP contribution in [0, 0.1) is 0 Å². The number of likely N-dealkylation sites (tertiary alicyclic amines) is 1. The highest BCUT2D eigenvalue weighted by Gasteiger charge is 2.28. The summed E-state index contributed by atoms with van der Waals surface area (Å²) in [4.78, 5) is 18.0. The van der Waals surface area contributed by atoms with Crippen molar-refractivity contribution in [2.75, 3.05) is 20.2 Å². The molecule has 1 fully saturated rings. The minimum atomic E-state index is 0.148. The normalized spacial score (nSPS) is 14.6. The van der Waals surface area contributed by atoms with Crippen LogP contribution in [0.15, 0.2) is 72.8 Å². The summed E-state index contributed by atoms with van der Waals surface area (Å²) in [5, 5.41) is 9.53. The Morgan fingerprint density at radius 2 is 1.49 bits per heavy atom. The van der Waals surface area contributed by atoms with E-state index in [0.29, 0.717) is 19.5 Å². The van der Waals surface area contributed by atoms with Crippen molar-refractivity contribution >= 4 is 5.91 Å². The number of amides is 1. The molecule has 6 nitrogen and oxygen atoms in total. The molecule has 0 aliphatic carbocycles. The molecular formula is C29H35N3O3. The third kappa shape index (κ3) is 6.84. The Labute approximate surface area is 207 Å². The Bertz CT molecular complexity index is 1070. The van der Waals surface area contributed by atoms with Crippen molar-refractivity contribution in [1.82, 2.24) is 9.80 Å². The fourth-order valence-corrected chi connectivity index (χ4v) is 4.67. The van der Waals surface area contributed by atoms with Gasteiger partial charge >= 0.3 is 0 Å². The average Bonchev–Trinajstić information content (AvgIpc) is 2.90. The molecule has 6 heteroatoms. The van der Waals surface area contributed by atoms with Crippen LogP contribution in [0.1, 0.15) is 35.1 Å². The van der Waals surface area contributed by atoms with Crippen molar-refractivity contribution in [3.63, 3.8) is 0 Å². The summed E-state index contributed by atoms with van der Waals surface area (Å²) in [6.45, 7) is 3.84. The lowest BCUT2D eigenvalue weighted by Crippen LogP contribution is -2.47. The van der Waals surface area contributed by atoms with Crippen LogP contribution >= 0.6 is 0 Å². The highest BCUT2D eigenvalue weighted by Crippen LogP contribution is 2.23. The fourth-order valence-electron chi connectivity index (χ4n) is 4.67.